The van der Waals surface area contributed by atoms with Gasteiger partial charge < -0.3 is 9.80 Å². The first-order chi connectivity index (χ1) is 10.8. The monoisotopic (exact) mass is 306 g/mol. The highest BCUT2D eigenvalue weighted by Crippen LogP contribution is 2.30. The standard InChI is InChI=1S/C17H30N4O/c22-17(20-9-5-18(6-10-20)13-15-1-2-15)21-11-7-19(8-12-21)14-16-3-4-16/h15-16H,1-14H2. The Morgan fingerprint density at radius 3 is 1.32 bits per heavy atom. The first-order valence-corrected chi connectivity index (χ1v) is 9.26. The van der Waals surface area contributed by atoms with Gasteiger partial charge in [-0.25, -0.2) is 4.79 Å². The van der Waals surface area contributed by atoms with Gasteiger partial charge in [-0.05, 0) is 37.5 Å². The molecule has 124 valence electrons. The lowest BCUT2D eigenvalue weighted by atomic mass is 10.2. The number of carbonyl (C=O) groups is 1. The maximum Gasteiger partial charge on any atom is 0.320 e. The minimum Gasteiger partial charge on any atom is -0.322 e. The van der Waals surface area contributed by atoms with Crippen LogP contribution in [0.15, 0.2) is 0 Å². The fraction of sp³-hybridized carbons (Fsp3) is 0.941. The Morgan fingerprint density at radius 1 is 0.636 bits per heavy atom. The van der Waals surface area contributed by atoms with E-state index in [1.165, 1.54) is 38.8 Å². The number of nitrogens with zero attached hydrogens (tertiary/aromatic N) is 4. The summed E-state index contributed by atoms with van der Waals surface area (Å²) < 4.78 is 0. The molecule has 2 saturated heterocycles. The molecule has 5 heteroatoms. The molecule has 2 heterocycles. The molecule has 0 bridgehead atoms. The molecule has 0 aromatic carbocycles. The van der Waals surface area contributed by atoms with E-state index in [0.29, 0.717) is 0 Å². The number of piperazine rings is 2. The van der Waals surface area contributed by atoms with Crippen molar-refractivity contribution in [3.63, 3.8) is 0 Å². The van der Waals surface area contributed by atoms with Crippen LogP contribution in [0.4, 0.5) is 4.79 Å². The van der Waals surface area contributed by atoms with Crippen LogP contribution in [0.3, 0.4) is 0 Å². The van der Waals surface area contributed by atoms with Crippen molar-refractivity contribution in [1.29, 1.82) is 0 Å². The zero-order valence-electron chi connectivity index (χ0n) is 13.8. The van der Waals surface area contributed by atoms with Gasteiger partial charge in [0.2, 0.25) is 0 Å². The van der Waals surface area contributed by atoms with Crippen LogP contribution in [0.2, 0.25) is 0 Å². The molecule has 2 saturated carbocycles. The van der Waals surface area contributed by atoms with Crippen LogP contribution in [-0.2, 0) is 0 Å². The first-order valence-electron chi connectivity index (χ1n) is 9.26. The SMILES string of the molecule is O=C(N1CCN(CC2CC2)CC1)N1CCN(CC2CC2)CC1. The quantitative estimate of drug-likeness (QED) is 0.781. The summed E-state index contributed by atoms with van der Waals surface area (Å²) in [6.07, 6.45) is 5.68. The van der Waals surface area contributed by atoms with Gasteiger partial charge >= 0.3 is 6.03 Å². The van der Waals surface area contributed by atoms with Gasteiger partial charge in [-0.3, -0.25) is 9.80 Å². The molecule has 0 spiro atoms. The van der Waals surface area contributed by atoms with Crippen molar-refractivity contribution >= 4 is 6.03 Å². The second-order valence-corrected chi connectivity index (χ2v) is 7.74. The smallest absolute Gasteiger partial charge is 0.320 e. The molecular weight excluding hydrogens is 276 g/mol. The molecule has 4 aliphatic rings. The van der Waals surface area contributed by atoms with Crippen LogP contribution in [0.25, 0.3) is 0 Å². The highest BCUT2D eigenvalue weighted by Gasteiger charge is 2.31. The number of hydrogen-bond acceptors (Lipinski definition) is 3. The van der Waals surface area contributed by atoms with E-state index >= 15 is 0 Å². The highest BCUT2D eigenvalue weighted by atomic mass is 16.2. The van der Waals surface area contributed by atoms with Crippen LogP contribution in [0.1, 0.15) is 25.7 Å². The maximum atomic E-state index is 12.7. The second kappa shape index (κ2) is 6.36. The molecule has 4 rings (SSSR count). The Balaban J connectivity index is 1.19. The van der Waals surface area contributed by atoms with E-state index in [-0.39, 0.29) is 6.03 Å². The van der Waals surface area contributed by atoms with E-state index in [2.05, 4.69) is 19.6 Å². The Bertz CT molecular complexity index is 355. The molecule has 2 amide bonds. The Morgan fingerprint density at radius 2 is 1.00 bits per heavy atom. The Labute approximate surface area is 134 Å². The average molecular weight is 306 g/mol. The van der Waals surface area contributed by atoms with Crippen molar-refractivity contribution in [2.45, 2.75) is 25.7 Å². The molecule has 4 fully saturated rings. The van der Waals surface area contributed by atoms with Crippen molar-refractivity contribution in [3.05, 3.63) is 0 Å². The van der Waals surface area contributed by atoms with Gasteiger partial charge in [0.25, 0.3) is 0 Å². The number of urea groups is 1. The van der Waals surface area contributed by atoms with Gasteiger partial charge in [0.05, 0.1) is 0 Å². The summed E-state index contributed by atoms with van der Waals surface area (Å²) >= 11 is 0. The van der Waals surface area contributed by atoms with Gasteiger partial charge in [0, 0.05) is 65.4 Å². The van der Waals surface area contributed by atoms with Crippen molar-refractivity contribution in [2.75, 3.05) is 65.4 Å². The summed E-state index contributed by atoms with van der Waals surface area (Å²) in [6, 6.07) is 0.289. The predicted molar refractivity (Wildman–Crippen MR) is 86.9 cm³/mol. The van der Waals surface area contributed by atoms with Crippen LogP contribution in [-0.4, -0.2) is 91.1 Å². The van der Waals surface area contributed by atoms with E-state index < -0.39 is 0 Å². The van der Waals surface area contributed by atoms with Crippen LogP contribution in [0.5, 0.6) is 0 Å². The zero-order chi connectivity index (χ0) is 14.9. The summed E-state index contributed by atoms with van der Waals surface area (Å²) in [7, 11) is 0. The van der Waals surface area contributed by atoms with E-state index in [9.17, 15) is 4.79 Å². The molecule has 0 radical (unpaired) electrons. The normalized spacial score (nSPS) is 28.2. The number of hydrogen-bond donors (Lipinski definition) is 0. The van der Waals surface area contributed by atoms with E-state index in [0.717, 1.165) is 64.2 Å². The van der Waals surface area contributed by atoms with Crippen molar-refractivity contribution < 1.29 is 4.79 Å². The predicted octanol–water partition coefficient (Wildman–Crippen LogP) is 1.16. The summed E-state index contributed by atoms with van der Waals surface area (Å²) in [6.45, 7) is 10.5. The molecular formula is C17H30N4O. The van der Waals surface area contributed by atoms with E-state index in [1.54, 1.807) is 0 Å². The van der Waals surface area contributed by atoms with Crippen LogP contribution >= 0.6 is 0 Å². The van der Waals surface area contributed by atoms with E-state index in [1.807, 2.05) is 0 Å². The number of rotatable bonds is 4. The minimum absolute atomic E-state index is 0.289. The molecule has 0 aromatic heterocycles. The summed E-state index contributed by atoms with van der Waals surface area (Å²) in [4.78, 5) is 21.9. The number of amides is 2. The third-order valence-corrected chi connectivity index (χ3v) is 5.71. The van der Waals surface area contributed by atoms with Gasteiger partial charge in [-0.15, -0.1) is 0 Å². The lowest BCUT2D eigenvalue weighted by molar-refractivity contribution is 0.0881. The summed E-state index contributed by atoms with van der Waals surface area (Å²) in [5.74, 6) is 1.92. The van der Waals surface area contributed by atoms with Gasteiger partial charge in [0.15, 0.2) is 0 Å². The summed E-state index contributed by atoms with van der Waals surface area (Å²) in [5.41, 5.74) is 0. The molecule has 2 aliphatic heterocycles. The third-order valence-electron chi connectivity index (χ3n) is 5.71. The maximum absolute atomic E-state index is 12.7. The van der Waals surface area contributed by atoms with Gasteiger partial charge in [-0.2, -0.15) is 0 Å². The molecule has 5 nitrogen and oxygen atoms in total. The minimum atomic E-state index is 0.289. The Hall–Kier alpha value is -0.810. The lowest BCUT2D eigenvalue weighted by Crippen LogP contribution is -2.57. The molecule has 2 aliphatic carbocycles. The lowest BCUT2D eigenvalue weighted by Gasteiger charge is -2.40. The molecule has 0 unspecified atom stereocenters. The van der Waals surface area contributed by atoms with Crippen molar-refractivity contribution in [3.8, 4) is 0 Å². The van der Waals surface area contributed by atoms with Crippen molar-refractivity contribution in [2.24, 2.45) is 11.8 Å². The van der Waals surface area contributed by atoms with E-state index in [4.69, 9.17) is 0 Å². The van der Waals surface area contributed by atoms with Crippen molar-refractivity contribution in [1.82, 2.24) is 19.6 Å². The topological polar surface area (TPSA) is 30.0 Å². The second-order valence-electron chi connectivity index (χ2n) is 7.74. The van der Waals surface area contributed by atoms with Crippen LogP contribution in [0, 0.1) is 11.8 Å². The molecule has 0 aromatic rings. The number of carbonyl (C=O) groups excluding carboxylic acids is 1. The fourth-order valence-corrected chi connectivity index (χ4v) is 3.77. The summed E-state index contributed by atoms with van der Waals surface area (Å²) in [5, 5.41) is 0. The third kappa shape index (κ3) is 3.74. The average Bonchev–Trinajstić information content (AvgIpc) is 3.45. The molecule has 0 N–H and O–H groups in total. The fourth-order valence-electron chi connectivity index (χ4n) is 3.77. The van der Waals surface area contributed by atoms with Gasteiger partial charge in [-0.1, -0.05) is 0 Å². The van der Waals surface area contributed by atoms with Gasteiger partial charge in [0.1, 0.15) is 0 Å². The Kier molecular flexibility index (Phi) is 4.27. The molecule has 22 heavy (non-hydrogen) atoms. The first kappa shape index (κ1) is 14.8. The zero-order valence-corrected chi connectivity index (χ0v) is 13.8. The molecule has 0 atom stereocenters. The largest absolute Gasteiger partial charge is 0.322 e. The highest BCUT2D eigenvalue weighted by molar-refractivity contribution is 5.74. The van der Waals surface area contributed by atoms with Crippen LogP contribution < -0.4 is 0 Å².